The van der Waals surface area contributed by atoms with Gasteiger partial charge in [-0.2, -0.15) is 12.6 Å². The summed E-state index contributed by atoms with van der Waals surface area (Å²) in [6.45, 7) is 4.38. The van der Waals surface area contributed by atoms with Crippen LogP contribution in [0.1, 0.15) is 13.8 Å². The van der Waals surface area contributed by atoms with Crippen molar-refractivity contribution in [3.63, 3.8) is 0 Å². The van der Waals surface area contributed by atoms with Crippen LogP contribution in [0.25, 0.3) is 0 Å². The summed E-state index contributed by atoms with van der Waals surface area (Å²) in [5.41, 5.74) is 4.67. The number of carboxylic acids is 1. The SMILES string of the molecule is CC1=C(O)/C(=C\N=C(C[Se])C(=O)O)C(CO)=CN1.CC[NH3+].CS. The zero-order valence-electron chi connectivity index (χ0n) is 13.5. The van der Waals surface area contributed by atoms with E-state index in [1.54, 1.807) is 13.2 Å². The molecule has 0 amide bonds. The van der Waals surface area contributed by atoms with Gasteiger partial charge in [-0.25, -0.2) is 0 Å². The number of hydrogen-bond donors (Lipinski definition) is 6. The fourth-order valence-electron chi connectivity index (χ4n) is 1.27. The number of thiol groups is 1. The summed E-state index contributed by atoms with van der Waals surface area (Å²) < 4.78 is 0. The number of aliphatic imine (C=N–C) groups is 1. The van der Waals surface area contributed by atoms with Gasteiger partial charge >= 0.3 is 112 Å². The standard InChI is InChI=1S/C11H13N2O4Se.C2H7N.CH4S/c1-6-10(15)8(7(4-14)2-12-6)3-13-9(5-18)11(16)17;1-2-3;1-2/h2-3,12,14-15H,4-5H2,1H3,(H,16,17);2-3H2,1H3;2H,1H3/p+1/b8-3-,13-9?;;. The molecule has 23 heavy (non-hydrogen) atoms. The molecule has 1 radical (unpaired) electrons. The summed E-state index contributed by atoms with van der Waals surface area (Å²) in [5.74, 6) is -1.19. The zero-order chi connectivity index (χ0) is 18.4. The Morgan fingerprint density at radius 3 is 2.43 bits per heavy atom. The molecule has 0 saturated carbocycles. The number of aliphatic hydroxyl groups is 2. The molecule has 0 aromatic carbocycles. The summed E-state index contributed by atoms with van der Waals surface area (Å²) in [7, 11) is 0. The van der Waals surface area contributed by atoms with Crippen LogP contribution in [0.3, 0.4) is 0 Å². The number of hydrogen-bond acceptors (Lipinski definition) is 6. The van der Waals surface area contributed by atoms with E-state index in [0.717, 1.165) is 6.54 Å². The number of aliphatic hydroxyl groups excluding tert-OH is 2. The monoisotopic (exact) mass is 411 g/mol. The van der Waals surface area contributed by atoms with E-state index in [0.29, 0.717) is 16.8 Å². The molecule has 7 nitrogen and oxygen atoms in total. The van der Waals surface area contributed by atoms with Gasteiger partial charge in [-0.3, -0.25) is 0 Å². The number of carboxylic acid groups (broad SMARTS) is 1. The summed E-state index contributed by atoms with van der Waals surface area (Å²) in [6, 6.07) is 0. The number of nitrogens with zero attached hydrogens (tertiary/aromatic N) is 1. The Balaban J connectivity index is 0. The maximum atomic E-state index is 10.8. The van der Waals surface area contributed by atoms with Crippen molar-refractivity contribution >= 4 is 40.3 Å². The van der Waals surface area contributed by atoms with Crippen LogP contribution in [-0.2, 0) is 4.79 Å². The first-order valence-corrected chi connectivity index (χ1v) is 8.82. The van der Waals surface area contributed by atoms with Gasteiger partial charge < -0.3 is 5.73 Å². The number of dihydropyridines is 1. The van der Waals surface area contributed by atoms with Gasteiger partial charge in [0.05, 0.1) is 6.54 Å². The van der Waals surface area contributed by atoms with Gasteiger partial charge in [-0.1, -0.05) is 0 Å². The van der Waals surface area contributed by atoms with Gasteiger partial charge in [0, 0.05) is 0 Å². The van der Waals surface area contributed by atoms with Crippen molar-refractivity contribution in [3.8, 4) is 0 Å². The molecule has 7 N–H and O–H groups in total. The van der Waals surface area contributed by atoms with Gasteiger partial charge in [0.25, 0.3) is 0 Å². The average Bonchev–Trinajstić information content (AvgIpc) is 2.54. The van der Waals surface area contributed by atoms with Crippen LogP contribution in [-0.4, -0.2) is 62.4 Å². The molecule has 0 unspecified atom stereocenters. The molecular weight excluding hydrogens is 385 g/mol. The molecule has 1 rings (SSSR count). The molecule has 0 atom stereocenters. The smallest absolute Gasteiger partial charge is 0.0711 e. The third-order valence-electron chi connectivity index (χ3n) is 2.32. The number of nitrogens with one attached hydrogen (secondary N) is 1. The second-order valence-electron chi connectivity index (χ2n) is 4.01. The predicted octanol–water partition coefficient (Wildman–Crippen LogP) is 0.0458. The number of rotatable bonds is 4. The Morgan fingerprint density at radius 1 is 1.52 bits per heavy atom. The molecule has 131 valence electrons. The van der Waals surface area contributed by atoms with Crippen molar-refractivity contribution in [2.75, 3.05) is 19.4 Å². The van der Waals surface area contributed by atoms with Gasteiger partial charge in [0.1, 0.15) is 0 Å². The maximum absolute atomic E-state index is 10.8. The Morgan fingerprint density at radius 2 is 2.04 bits per heavy atom. The normalized spacial score (nSPS) is 15.7. The van der Waals surface area contributed by atoms with E-state index >= 15 is 0 Å². The van der Waals surface area contributed by atoms with E-state index in [9.17, 15) is 9.90 Å². The Kier molecular flexibility index (Phi) is 15.0. The molecule has 0 spiro atoms. The molecular formula is C14H25N3O4SSe+. The second kappa shape index (κ2) is 14.3. The van der Waals surface area contributed by atoms with Crippen molar-refractivity contribution < 1.29 is 25.8 Å². The molecule has 0 saturated heterocycles. The fraction of sp³-hybridized carbons (Fsp3) is 0.429. The maximum Gasteiger partial charge on any atom is 0.0711 e. The van der Waals surface area contributed by atoms with Crippen molar-refractivity contribution in [2.45, 2.75) is 19.2 Å². The molecule has 9 heteroatoms. The first-order chi connectivity index (χ1) is 10.9. The average molecular weight is 410 g/mol. The van der Waals surface area contributed by atoms with Crippen molar-refractivity contribution in [1.29, 1.82) is 0 Å². The fourth-order valence-corrected chi connectivity index (χ4v) is 1.68. The van der Waals surface area contributed by atoms with Crippen LogP contribution < -0.4 is 11.1 Å². The van der Waals surface area contributed by atoms with Crippen LogP contribution in [0, 0.1) is 0 Å². The van der Waals surface area contributed by atoms with Crippen LogP contribution >= 0.6 is 12.6 Å². The zero-order valence-corrected chi connectivity index (χ0v) is 16.1. The van der Waals surface area contributed by atoms with E-state index in [1.165, 1.54) is 12.4 Å². The van der Waals surface area contributed by atoms with Crippen LogP contribution in [0.5, 0.6) is 0 Å². The molecule has 0 fully saturated rings. The van der Waals surface area contributed by atoms with Crippen molar-refractivity contribution in [3.05, 3.63) is 35.0 Å². The molecule has 0 aromatic rings. The molecule has 0 bridgehead atoms. The van der Waals surface area contributed by atoms with Gasteiger partial charge in [0.2, 0.25) is 0 Å². The van der Waals surface area contributed by atoms with E-state index < -0.39 is 5.97 Å². The molecule has 0 aliphatic carbocycles. The molecule has 1 heterocycles. The minimum atomic E-state index is -1.13. The predicted molar refractivity (Wildman–Crippen MR) is 95.7 cm³/mol. The minimum Gasteiger partial charge on any atom is -0.358 e. The number of quaternary nitrogens is 1. The van der Waals surface area contributed by atoms with Gasteiger partial charge in [-0.15, -0.1) is 0 Å². The Labute approximate surface area is 150 Å². The summed E-state index contributed by atoms with van der Waals surface area (Å²) in [6.07, 6.45) is 4.47. The minimum absolute atomic E-state index is 0.0601. The first kappa shape index (κ1) is 24.0. The van der Waals surface area contributed by atoms with E-state index in [-0.39, 0.29) is 23.4 Å². The molecule has 0 aromatic heterocycles. The van der Waals surface area contributed by atoms with Gasteiger partial charge in [0.15, 0.2) is 0 Å². The van der Waals surface area contributed by atoms with Crippen molar-refractivity contribution in [2.24, 2.45) is 4.99 Å². The van der Waals surface area contributed by atoms with E-state index in [2.05, 4.69) is 44.7 Å². The largest absolute Gasteiger partial charge is 0.358 e. The summed E-state index contributed by atoms with van der Waals surface area (Å²) >= 11 is 6.09. The van der Waals surface area contributed by atoms with E-state index in [1.807, 2.05) is 6.92 Å². The number of allylic oxidation sites excluding steroid dienone is 2. The Hall–Kier alpha value is -1.25. The van der Waals surface area contributed by atoms with Gasteiger partial charge in [-0.05, 0) is 13.2 Å². The first-order valence-electron chi connectivity index (χ1n) is 6.72. The molecule has 1 aliphatic heterocycles. The number of aliphatic carboxylic acids is 1. The van der Waals surface area contributed by atoms with E-state index in [4.69, 9.17) is 10.2 Å². The van der Waals surface area contributed by atoms with Crippen LogP contribution in [0.15, 0.2) is 40.0 Å². The molecule has 1 aliphatic rings. The van der Waals surface area contributed by atoms with Crippen LogP contribution in [0.4, 0.5) is 0 Å². The van der Waals surface area contributed by atoms with Crippen molar-refractivity contribution in [1.82, 2.24) is 5.32 Å². The third kappa shape index (κ3) is 8.83. The van der Waals surface area contributed by atoms with Crippen LogP contribution in [0.2, 0.25) is 5.32 Å². The second-order valence-corrected chi connectivity index (χ2v) is 4.62. The number of carbonyl (C=O) groups is 1. The summed E-state index contributed by atoms with van der Waals surface area (Å²) in [5, 5.41) is 30.7. The third-order valence-corrected chi connectivity index (χ3v) is 2.90. The summed E-state index contributed by atoms with van der Waals surface area (Å²) in [4.78, 5) is 14.6. The topological polar surface area (TPSA) is 130 Å². The Bertz CT molecular complexity index is 502. The quantitative estimate of drug-likeness (QED) is 0.222.